The summed E-state index contributed by atoms with van der Waals surface area (Å²) < 4.78 is 0. The smallest absolute Gasteiger partial charge is 0.250 e. The summed E-state index contributed by atoms with van der Waals surface area (Å²) in [5.41, 5.74) is -0.301. The molecule has 1 aromatic rings. The number of amides is 3. The molecule has 0 saturated carbocycles. The molecule has 2 heterocycles. The van der Waals surface area contributed by atoms with Crippen molar-refractivity contribution in [1.82, 2.24) is 15.5 Å². The highest BCUT2D eigenvalue weighted by atomic mass is 16.2. The van der Waals surface area contributed by atoms with E-state index < -0.39 is 11.6 Å². The van der Waals surface area contributed by atoms with Gasteiger partial charge in [0.15, 0.2) is 0 Å². The van der Waals surface area contributed by atoms with Crippen molar-refractivity contribution >= 4 is 17.7 Å². The molecule has 128 valence electrons. The van der Waals surface area contributed by atoms with E-state index in [1.165, 1.54) is 6.92 Å². The van der Waals surface area contributed by atoms with Crippen molar-refractivity contribution in [3.63, 3.8) is 0 Å². The second kappa shape index (κ2) is 6.26. The monoisotopic (exact) mass is 329 g/mol. The van der Waals surface area contributed by atoms with Gasteiger partial charge in [0.25, 0.3) is 0 Å². The Morgan fingerprint density at radius 2 is 2.00 bits per heavy atom. The molecule has 3 amide bonds. The SMILES string of the molecule is CNC(=O)[C@@]1(c2ccccc2)C[C@H]2CCCN(C(C)=O)[C@H]2C(=O)N1. The standard InChI is InChI=1S/C18H23N3O3/c1-12(22)21-10-6-7-13-11-18(17(24)19-2,20-16(23)15(13)21)14-8-4-3-5-9-14/h3-5,8-9,13,15H,6-7,10-11H2,1-2H3,(H,19,24)(H,20,23)/t13-,15-,18+/m1/s1. The predicted molar refractivity (Wildman–Crippen MR) is 88.8 cm³/mol. The van der Waals surface area contributed by atoms with E-state index in [2.05, 4.69) is 10.6 Å². The molecular weight excluding hydrogens is 306 g/mol. The molecule has 0 unspecified atom stereocenters. The van der Waals surface area contributed by atoms with E-state index in [1.807, 2.05) is 30.3 Å². The number of nitrogens with zero attached hydrogens (tertiary/aromatic N) is 1. The third kappa shape index (κ3) is 2.56. The average Bonchev–Trinajstić information content (AvgIpc) is 2.60. The minimum Gasteiger partial charge on any atom is -0.357 e. The lowest BCUT2D eigenvalue weighted by Gasteiger charge is -2.49. The topological polar surface area (TPSA) is 78.5 Å². The molecule has 0 bridgehead atoms. The minimum absolute atomic E-state index is 0.0195. The largest absolute Gasteiger partial charge is 0.357 e. The van der Waals surface area contributed by atoms with Gasteiger partial charge < -0.3 is 15.5 Å². The first-order chi connectivity index (χ1) is 11.5. The van der Waals surface area contributed by atoms with Crippen LogP contribution < -0.4 is 10.6 Å². The molecule has 1 aromatic carbocycles. The zero-order chi connectivity index (χ0) is 17.3. The van der Waals surface area contributed by atoms with Crippen molar-refractivity contribution in [2.24, 2.45) is 5.92 Å². The highest BCUT2D eigenvalue weighted by molar-refractivity contribution is 5.96. The average molecular weight is 329 g/mol. The maximum Gasteiger partial charge on any atom is 0.250 e. The molecular formula is C18H23N3O3. The Balaban J connectivity index is 2.01. The number of rotatable bonds is 2. The Morgan fingerprint density at radius 1 is 1.29 bits per heavy atom. The number of piperidine rings is 2. The fourth-order valence-electron chi connectivity index (χ4n) is 4.13. The van der Waals surface area contributed by atoms with Crippen LogP contribution >= 0.6 is 0 Å². The van der Waals surface area contributed by atoms with E-state index in [9.17, 15) is 14.4 Å². The van der Waals surface area contributed by atoms with E-state index in [-0.39, 0.29) is 23.6 Å². The molecule has 0 aromatic heterocycles. The molecule has 24 heavy (non-hydrogen) atoms. The lowest BCUT2D eigenvalue weighted by atomic mass is 9.71. The first-order valence-electron chi connectivity index (χ1n) is 8.36. The summed E-state index contributed by atoms with van der Waals surface area (Å²) in [5, 5.41) is 5.63. The van der Waals surface area contributed by atoms with Crippen LogP contribution in [0.3, 0.4) is 0 Å². The summed E-state index contributed by atoms with van der Waals surface area (Å²) >= 11 is 0. The lowest BCUT2D eigenvalue weighted by molar-refractivity contribution is -0.152. The first-order valence-corrected chi connectivity index (χ1v) is 8.36. The van der Waals surface area contributed by atoms with Crippen molar-refractivity contribution in [1.29, 1.82) is 0 Å². The molecule has 2 saturated heterocycles. The first kappa shape index (κ1) is 16.5. The van der Waals surface area contributed by atoms with E-state index >= 15 is 0 Å². The van der Waals surface area contributed by atoms with Gasteiger partial charge in [0.05, 0.1) is 0 Å². The summed E-state index contributed by atoms with van der Waals surface area (Å²) in [6, 6.07) is 8.86. The fraction of sp³-hybridized carbons (Fsp3) is 0.500. The van der Waals surface area contributed by atoms with Gasteiger partial charge in [-0.3, -0.25) is 14.4 Å². The van der Waals surface area contributed by atoms with Gasteiger partial charge in [-0.15, -0.1) is 0 Å². The van der Waals surface area contributed by atoms with Crippen molar-refractivity contribution < 1.29 is 14.4 Å². The van der Waals surface area contributed by atoms with Crippen LogP contribution in [-0.4, -0.2) is 42.3 Å². The van der Waals surface area contributed by atoms with Gasteiger partial charge in [-0.25, -0.2) is 0 Å². The van der Waals surface area contributed by atoms with Crippen molar-refractivity contribution in [2.45, 2.75) is 37.8 Å². The molecule has 6 nitrogen and oxygen atoms in total. The number of benzene rings is 1. The number of fused-ring (bicyclic) bond motifs is 1. The molecule has 0 aliphatic carbocycles. The highest BCUT2D eigenvalue weighted by Gasteiger charge is 2.53. The summed E-state index contributed by atoms with van der Waals surface area (Å²) in [4.78, 5) is 39.1. The zero-order valence-electron chi connectivity index (χ0n) is 14.0. The normalized spacial score (nSPS) is 29.4. The Hall–Kier alpha value is -2.37. The van der Waals surface area contributed by atoms with Gasteiger partial charge >= 0.3 is 0 Å². The van der Waals surface area contributed by atoms with Crippen LogP contribution in [0.5, 0.6) is 0 Å². The number of carbonyl (C=O) groups is 3. The van der Waals surface area contributed by atoms with Gasteiger partial charge in [0.2, 0.25) is 17.7 Å². The second-order valence-corrected chi connectivity index (χ2v) is 6.60. The van der Waals surface area contributed by atoms with Crippen LogP contribution in [0.25, 0.3) is 0 Å². The van der Waals surface area contributed by atoms with E-state index in [0.29, 0.717) is 13.0 Å². The Labute approximate surface area is 141 Å². The highest BCUT2D eigenvalue weighted by Crippen LogP contribution is 2.40. The van der Waals surface area contributed by atoms with Gasteiger partial charge in [0, 0.05) is 20.5 Å². The van der Waals surface area contributed by atoms with Crippen LogP contribution in [-0.2, 0) is 19.9 Å². The summed E-state index contributed by atoms with van der Waals surface area (Å²) in [6.45, 7) is 2.09. The molecule has 0 radical (unpaired) electrons. The van der Waals surface area contributed by atoms with Crippen LogP contribution in [0.2, 0.25) is 0 Å². The Bertz CT molecular complexity index is 661. The van der Waals surface area contributed by atoms with E-state index in [1.54, 1.807) is 11.9 Å². The lowest BCUT2D eigenvalue weighted by Crippen LogP contribution is -2.68. The van der Waals surface area contributed by atoms with Gasteiger partial charge in [0.1, 0.15) is 11.6 Å². The number of nitrogens with one attached hydrogen (secondary N) is 2. The molecule has 3 rings (SSSR count). The maximum atomic E-state index is 12.9. The number of carbonyl (C=O) groups excluding carboxylic acids is 3. The van der Waals surface area contributed by atoms with Crippen LogP contribution in [0, 0.1) is 5.92 Å². The van der Waals surface area contributed by atoms with Crippen molar-refractivity contribution in [3.8, 4) is 0 Å². The number of hydrogen-bond acceptors (Lipinski definition) is 3. The molecule has 3 atom stereocenters. The maximum absolute atomic E-state index is 12.9. The predicted octanol–water partition coefficient (Wildman–Crippen LogP) is 0.775. The molecule has 2 fully saturated rings. The second-order valence-electron chi connectivity index (χ2n) is 6.60. The van der Waals surface area contributed by atoms with Crippen LogP contribution in [0.4, 0.5) is 0 Å². The molecule has 2 N–H and O–H groups in total. The molecule has 2 aliphatic rings. The Morgan fingerprint density at radius 3 is 2.62 bits per heavy atom. The quantitative estimate of drug-likeness (QED) is 0.841. The summed E-state index contributed by atoms with van der Waals surface area (Å²) in [7, 11) is 1.58. The zero-order valence-corrected chi connectivity index (χ0v) is 14.0. The van der Waals surface area contributed by atoms with Gasteiger partial charge in [-0.05, 0) is 30.7 Å². The van der Waals surface area contributed by atoms with Gasteiger partial charge in [-0.1, -0.05) is 30.3 Å². The number of hydrogen-bond donors (Lipinski definition) is 2. The summed E-state index contributed by atoms with van der Waals surface area (Å²) in [5.74, 6) is -0.574. The molecule has 0 spiro atoms. The van der Waals surface area contributed by atoms with Crippen molar-refractivity contribution in [2.75, 3.05) is 13.6 Å². The third-order valence-corrected chi connectivity index (χ3v) is 5.22. The minimum atomic E-state index is -1.08. The van der Waals surface area contributed by atoms with E-state index in [0.717, 1.165) is 18.4 Å². The molecule has 6 heteroatoms. The number of likely N-dealkylation sites (tertiary alicyclic amines) is 1. The van der Waals surface area contributed by atoms with E-state index in [4.69, 9.17) is 0 Å². The molecule has 2 aliphatic heterocycles. The van der Waals surface area contributed by atoms with Gasteiger partial charge in [-0.2, -0.15) is 0 Å². The summed E-state index contributed by atoms with van der Waals surface area (Å²) in [6.07, 6.45) is 2.19. The fourth-order valence-corrected chi connectivity index (χ4v) is 4.13. The van der Waals surface area contributed by atoms with Crippen LogP contribution in [0.15, 0.2) is 30.3 Å². The van der Waals surface area contributed by atoms with Crippen molar-refractivity contribution in [3.05, 3.63) is 35.9 Å². The van der Waals surface area contributed by atoms with Crippen LogP contribution in [0.1, 0.15) is 31.7 Å². The number of likely N-dealkylation sites (N-methyl/N-ethyl adjacent to an activating group) is 1. The third-order valence-electron chi connectivity index (χ3n) is 5.22. The Kier molecular flexibility index (Phi) is 4.30.